The van der Waals surface area contributed by atoms with Gasteiger partial charge in [0.1, 0.15) is 11.5 Å². The van der Waals surface area contributed by atoms with Crippen LogP contribution in [0.2, 0.25) is 0 Å². The van der Waals surface area contributed by atoms with E-state index in [4.69, 9.17) is 9.47 Å². The van der Waals surface area contributed by atoms with Crippen LogP contribution >= 0.6 is 0 Å². The number of anilines is 2. The van der Waals surface area contributed by atoms with E-state index in [0.717, 1.165) is 42.3 Å². The first kappa shape index (κ1) is 20.6. The molecule has 0 aliphatic carbocycles. The Hall–Kier alpha value is -2.69. The van der Waals surface area contributed by atoms with Crippen molar-refractivity contribution in [2.45, 2.75) is 33.6 Å². The van der Waals surface area contributed by atoms with Gasteiger partial charge in [-0.3, -0.25) is 4.79 Å². The molecule has 0 aromatic heterocycles. The number of amides is 1. The van der Waals surface area contributed by atoms with Crippen molar-refractivity contribution in [2.24, 2.45) is 5.92 Å². The third-order valence-electron chi connectivity index (χ3n) is 3.78. The molecule has 0 bridgehead atoms. The molecule has 146 valence electrons. The predicted molar refractivity (Wildman–Crippen MR) is 111 cm³/mol. The summed E-state index contributed by atoms with van der Waals surface area (Å²) in [6.07, 6.45) is 2.16. The molecule has 5 heteroatoms. The Kier molecular flexibility index (Phi) is 8.49. The van der Waals surface area contributed by atoms with Gasteiger partial charge in [0.2, 0.25) is 5.91 Å². The average molecular weight is 370 g/mol. The molecule has 0 spiro atoms. The normalized spacial score (nSPS) is 10.5. The molecule has 5 nitrogen and oxygen atoms in total. The van der Waals surface area contributed by atoms with Gasteiger partial charge in [-0.1, -0.05) is 33.3 Å². The average Bonchev–Trinajstić information content (AvgIpc) is 2.66. The first-order valence-corrected chi connectivity index (χ1v) is 9.56. The quantitative estimate of drug-likeness (QED) is 0.549. The zero-order valence-corrected chi connectivity index (χ0v) is 16.5. The SMILES string of the molecule is CCCCOc1ccc(NCC(=O)Nc2cccc(OCC(C)C)c2)cc1. The molecule has 1 amide bonds. The van der Waals surface area contributed by atoms with Gasteiger partial charge in [-0.15, -0.1) is 0 Å². The maximum Gasteiger partial charge on any atom is 0.243 e. The van der Waals surface area contributed by atoms with Crippen molar-refractivity contribution in [3.63, 3.8) is 0 Å². The van der Waals surface area contributed by atoms with E-state index >= 15 is 0 Å². The Bertz CT molecular complexity index is 699. The number of benzene rings is 2. The van der Waals surface area contributed by atoms with Gasteiger partial charge in [-0.25, -0.2) is 0 Å². The van der Waals surface area contributed by atoms with Gasteiger partial charge < -0.3 is 20.1 Å². The van der Waals surface area contributed by atoms with Crippen molar-refractivity contribution in [3.05, 3.63) is 48.5 Å². The fourth-order valence-electron chi connectivity index (χ4n) is 2.32. The summed E-state index contributed by atoms with van der Waals surface area (Å²) in [5.41, 5.74) is 1.60. The molecule has 2 rings (SSSR count). The highest BCUT2D eigenvalue weighted by Crippen LogP contribution is 2.18. The van der Waals surface area contributed by atoms with Crippen molar-refractivity contribution in [1.82, 2.24) is 0 Å². The van der Waals surface area contributed by atoms with Crippen LogP contribution in [0.3, 0.4) is 0 Å². The molecule has 0 saturated heterocycles. The van der Waals surface area contributed by atoms with Gasteiger partial charge in [-0.2, -0.15) is 0 Å². The van der Waals surface area contributed by atoms with Crippen molar-refractivity contribution in [3.8, 4) is 11.5 Å². The van der Waals surface area contributed by atoms with Crippen molar-refractivity contribution < 1.29 is 14.3 Å². The third kappa shape index (κ3) is 8.03. The molecule has 0 aliphatic rings. The van der Waals surface area contributed by atoms with Crippen LogP contribution in [-0.2, 0) is 4.79 Å². The maximum absolute atomic E-state index is 12.2. The van der Waals surface area contributed by atoms with Crippen molar-refractivity contribution in [1.29, 1.82) is 0 Å². The van der Waals surface area contributed by atoms with Crippen LogP contribution in [0.4, 0.5) is 11.4 Å². The van der Waals surface area contributed by atoms with E-state index in [1.165, 1.54) is 0 Å². The van der Waals surface area contributed by atoms with Crippen molar-refractivity contribution >= 4 is 17.3 Å². The Balaban J connectivity index is 1.78. The predicted octanol–water partition coefficient (Wildman–Crippen LogP) is 4.95. The smallest absolute Gasteiger partial charge is 0.243 e. The second-order valence-corrected chi connectivity index (χ2v) is 6.86. The van der Waals surface area contributed by atoms with Gasteiger partial charge in [0.15, 0.2) is 0 Å². The van der Waals surface area contributed by atoms with Gasteiger partial charge in [-0.05, 0) is 48.7 Å². The summed E-state index contributed by atoms with van der Waals surface area (Å²) < 4.78 is 11.3. The lowest BCUT2D eigenvalue weighted by atomic mass is 10.2. The largest absolute Gasteiger partial charge is 0.494 e. The fraction of sp³-hybridized carbons (Fsp3) is 0.409. The Morgan fingerprint density at radius 2 is 1.78 bits per heavy atom. The van der Waals surface area contributed by atoms with E-state index < -0.39 is 0 Å². The number of rotatable bonds is 11. The van der Waals surface area contributed by atoms with Crippen LogP contribution in [0.5, 0.6) is 11.5 Å². The van der Waals surface area contributed by atoms with Crippen molar-refractivity contribution in [2.75, 3.05) is 30.4 Å². The molecule has 0 saturated carbocycles. The molecule has 0 aliphatic heterocycles. The first-order chi connectivity index (χ1) is 13.1. The Labute approximate surface area is 162 Å². The number of carbonyl (C=O) groups excluding carboxylic acids is 1. The zero-order chi connectivity index (χ0) is 19.5. The van der Waals surface area contributed by atoms with E-state index in [-0.39, 0.29) is 12.5 Å². The monoisotopic (exact) mass is 370 g/mol. The lowest BCUT2D eigenvalue weighted by Gasteiger charge is -2.11. The van der Waals surface area contributed by atoms with Gasteiger partial charge in [0.05, 0.1) is 19.8 Å². The fourth-order valence-corrected chi connectivity index (χ4v) is 2.32. The number of hydrogen-bond acceptors (Lipinski definition) is 4. The summed E-state index contributed by atoms with van der Waals surface area (Å²) in [6.45, 7) is 7.90. The minimum absolute atomic E-state index is 0.112. The minimum atomic E-state index is -0.112. The number of nitrogens with one attached hydrogen (secondary N) is 2. The molecule has 2 aromatic carbocycles. The highest BCUT2D eigenvalue weighted by molar-refractivity contribution is 5.93. The van der Waals surface area contributed by atoms with Crippen LogP contribution in [0.25, 0.3) is 0 Å². The van der Waals surface area contributed by atoms with Crippen LogP contribution in [0.1, 0.15) is 33.6 Å². The summed E-state index contributed by atoms with van der Waals surface area (Å²) in [5, 5.41) is 5.99. The summed E-state index contributed by atoms with van der Waals surface area (Å²) in [6, 6.07) is 15.1. The molecule has 2 N–H and O–H groups in total. The molecule has 0 heterocycles. The molecule has 0 atom stereocenters. The topological polar surface area (TPSA) is 59.6 Å². The Morgan fingerprint density at radius 3 is 2.48 bits per heavy atom. The summed E-state index contributed by atoms with van der Waals surface area (Å²) >= 11 is 0. The Morgan fingerprint density at radius 1 is 1.00 bits per heavy atom. The molecule has 2 aromatic rings. The highest BCUT2D eigenvalue weighted by Gasteiger charge is 2.05. The lowest BCUT2D eigenvalue weighted by molar-refractivity contribution is -0.114. The lowest BCUT2D eigenvalue weighted by Crippen LogP contribution is -2.21. The first-order valence-electron chi connectivity index (χ1n) is 9.56. The van der Waals surface area contributed by atoms with Crippen LogP contribution in [0, 0.1) is 5.92 Å². The van der Waals surface area contributed by atoms with E-state index in [1.54, 1.807) is 0 Å². The zero-order valence-electron chi connectivity index (χ0n) is 16.5. The second kappa shape index (κ2) is 11.1. The van der Waals surface area contributed by atoms with Crippen LogP contribution in [-0.4, -0.2) is 25.7 Å². The number of ether oxygens (including phenoxy) is 2. The number of hydrogen-bond donors (Lipinski definition) is 2. The van der Waals surface area contributed by atoms with E-state index in [0.29, 0.717) is 12.5 Å². The van der Waals surface area contributed by atoms with E-state index in [2.05, 4.69) is 31.4 Å². The van der Waals surface area contributed by atoms with Crippen LogP contribution in [0.15, 0.2) is 48.5 Å². The molecule has 0 radical (unpaired) electrons. The molecule has 0 fully saturated rings. The second-order valence-electron chi connectivity index (χ2n) is 6.86. The summed E-state index contributed by atoms with van der Waals surface area (Å²) in [4.78, 5) is 12.2. The van der Waals surface area contributed by atoms with Gasteiger partial charge >= 0.3 is 0 Å². The minimum Gasteiger partial charge on any atom is -0.494 e. The molecular weight excluding hydrogens is 340 g/mol. The molecule has 0 unspecified atom stereocenters. The third-order valence-corrected chi connectivity index (χ3v) is 3.78. The molecular formula is C22H30N2O3. The summed E-state index contributed by atoms with van der Waals surface area (Å²) in [5.74, 6) is 1.94. The van der Waals surface area contributed by atoms with Gasteiger partial charge in [0.25, 0.3) is 0 Å². The van der Waals surface area contributed by atoms with Crippen LogP contribution < -0.4 is 20.1 Å². The summed E-state index contributed by atoms with van der Waals surface area (Å²) in [7, 11) is 0. The van der Waals surface area contributed by atoms with Gasteiger partial charge in [0, 0.05) is 17.4 Å². The highest BCUT2D eigenvalue weighted by atomic mass is 16.5. The molecule has 27 heavy (non-hydrogen) atoms. The number of unbranched alkanes of at least 4 members (excludes halogenated alkanes) is 1. The maximum atomic E-state index is 12.2. The van der Waals surface area contributed by atoms with E-state index in [9.17, 15) is 4.79 Å². The standard InChI is InChI=1S/C22H30N2O3/c1-4-5-13-26-20-11-9-18(10-12-20)23-15-22(25)24-19-7-6-8-21(14-19)27-16-17(2)3/h6-12,14,17,23H,4-5,13,15-16H2,1-3H3,(H,24,25). The van der Waals surface area contributed by atoms with E-state index in [1.807, 2.05) is 48.5 Å². The number of carbonyl (C=O) groups is 1.